The summed E-state index contributed by atoms with van der Waals surface area (Å²) in [6, 6.07) is 5.87. The van der Waals surface area contributed by atoms with E-state index in [1.165, 1.54) is 12.8 Å². The van der Waals surface area contributed by atoms with Crippen molar-refractivity contribution < 1.29 is 9.59 Å². The summed E-state index contributed by atoms with van der Waals surface area (Å²) in [7, 11) is 0. The van der Waals surface area contributed by atoms with E-state index in [4.69, 9.17) is 5.73 Å². The number of nitrogens with one attached hydrogen (secondary N) is 1. The summed E-state index contributed by atoms with van der Waals surface area (Å²) in [5, 5.41) is 2.82. The van der Waals surface area contributed by atoms with Gasteiger partial charge in [-0.25, -0.2) is 0 Å². The second-order valence-corrected chi connectivity index (χ2v) is 6.05. The lowest BCUT2D eigenvalue weighted by Gasteiger charge is -2.11. The topological polar surface area (TPSA) is 72.2 Å². The number of Topliss-reactive ketones (excluding diaryl/α,β-unsaturated/α-hetero) is 1. The molecule has 0 aromatic heterocycles. The fraction of sp³-hybridized carbons (Fsp3) is 0.529. The van der Waals surface area contributed by atoms with Crippen LogP contribution in [-0.4, -0.2) is 24.3 Å². The van der Waals surface area contributed by atoms with E-state index >= 15 is 0 Å². The van der Waals surface area contributed by atoms with Gasteiger partial charge in [-0.2, -0.15) is 0 Å². The largest absolute Gasteiger partial charge is 0.355 e. The van der Waals surface area contributed by atoms with Crippen molar-refractivity contribution in [1.29, 1.82) is 0 Å². The van der Waals surface area contributed by atoms with Crippen molar-refractivity contribution in [2.24, 2.45) is 11.7 Å². The van der Waals surface area contributed by atoms with E-state index in [1.807, 2.05) is 32.0 Å². The van der Waals surface area contributed by atoms with E-state index in [9.17, 15) is 9.59 Å². The first-order valence-corrected chi connectivity index (χ1v) is 7.60. The standard InChI is InChI=1S/C17H24N2O2.ClH/c1-11-3-4-12(2)14(9-11)16(20)7-8-17(21)19-10-15(18)13-5-6-13;/h3-4,9,13,15H,5-8,10,18H2,1-2H3,(H,19,21);1H. The Labute approximate surface area is 138 Å². The van der Waals surface area contributed by atoms with Crippen LogP contribution in [0.15, 0.2) is 18.2 Å². The van der Waals surface area contributed by atoms with Crippen molar-refractivity contribution in [2.75, 3.05) is 6.54 Å². The van der Waals surface area contributed by atoms with Crippen LogP contribution in [0.4, 0.5) is 0 Å². The Morgan fingerprint density at radius 2 is 1.95 bits per heavy atom. The highest BCUT2D eigenvalue weighted by Crippen LogP contribution is 2.31. The molecule has 0 aliphatic heterocycles. The number of hydrogen-bond donors (Lipinski definition) is 2. The third-order valence-corrected chi connectivity index (χ3v) is 4.04. The fourth-order valence-electron chi connectivity index (χ4n) is 2.41. The van der Waals surface area contributed by atoms with Gasteiger partial charge in [0.25, 0.3) is 0 Å². The molecule has 5 heteroatoms. The summed E-state index contributed by atoms with van der Waals surface area (Å²) in [5.74, 6) is 0.504. The van der Waals surface area contributed by atoms with Crippen LogP contribution < -0.4 is 11.1 Å². The molecule has 1 aliphatic rings. The number of nitrogens with two attached hydrogens (primary N) is 1. The molecule has 1 fully saturated rings. The molecule has 122 valence electrons. The Bertz CT molecular complexity index is 541. The predicted molar refractivity (Wildman–Crippen MR) is 90.4 cm³/mol. The molecule has 0 bridgehead atoms. The molecular formula is C17H25ClN2O2. The van der Waals surface area contributed by atoms with Crippen LogP contribution in [0, 0.1) is 19.8 Å². The average molecular weight is 325 g/mol. The van der Waals surface area contributed by atoms with Crippen LogP contribution in [0.25, 0.3) is 0 Å². The third kappa shape index (κ3) is 5.43. The molecule has 0 saturated heterocycles. The SMILES string of the molecule is Cc1ccc(C)c(C(=O)CCC(=O)NCC(N)C2CC2)c1.Cl. The molecule has 22 heavy (non-hydrogen) atoms. The number of hydrogen-bond acceptors (Lipinski definition) is 3. The van der Waals surface area contributed by atoms with Gasteiger partial charge < -0.3 is 11.1 Å². The van der Waals surface area contributed by atoms with Crippen LogP contribution in [0.3, 0.4) is 0 Å². The number of aryl methyl sites for hydroxylation is 2. The van der Waals surface area contributed by atoms with Gasteiger partial charge in [0.15, 0.2) is 5.78 Å². The Morgan fingerprint density at radius 1 is 1.27 bits per heavy atom. The van der Waals surface area contributed by atoms with Gasteiger partial charge >= 0.3 is 0 Å². The summed E-state index contributed by atoms with van der Waals surface area (Å²) >= 11 is 0. The van der Waals surface area contributed by atoms with Gasteiger partial charge in [-0.05, 0) is 44.2 Å². The molecule has 1 aromatic carbocycles. The van der Waals surface area contributed by atoms with Gasteiger partial charge in [0.05, 0.1) is 0 Å². The lowest BCUT2D eigenvalue weighted by molar-refractivity contribution is -0.121. The normalized spacial score (nSPS) is 14.9. The average Bonchev–Trinajstić information content (AvgIpc) is 3.29. The minimum absolute atomic E-state index is 0. The molecule has 3 N–H and O–H groups in total. The van der Waals surface area contributed by atoms with Gasteiger partial charge in [-0.15, -0.1) is 12.4 Å². The molecule has 1 aliphatic carbocycles. The van der Waals surface area contributed by atoms with Gasteiger partial charge in [0.1, 0.15) is 0 Å². The first-order valence-electron chi connectivity index (χ1n) is 7.60. The van der Waals surface area contributed by atoms with Crippen molar-refractivity contribution in [1.82, 2.24) is 5.32 Å². The molecular weight excluding hydrogens is 300 g/mol. The highest BCUT2D eigenvalue weighted by atomic mass is 35.5. The Hall–Kier alpha value is -1.39. The monoisotopic (exact) mass is 324 g/mol. The zero-order chi connectivity index (χ0) is 15.4. The number of halogens is 1. The van der Waals surface area contributed by atoms with Crippen molar-refractivity contribution in [2.45, 2.75) is 45.6 Å². The number of benzene rings is 1. The molecule has 0 spiro atoms. The lowest BCUT2D eigenvalue weighted by Crippen LogP contribution is -2.38. The maximum Gasteiger partial charge on any atom is 0.220 e. The molecule has 1 aromatic rings. The molecule has 1 unspecified atom stereocenters. The fourth-order valence-corrected chi connectivity index (χ4v) is 2.41. The van der Waals surface area contributed by atoms with Crippen LogP contribution >= 0.6 is 12.4 Å². The van der Waals surface area contributed by atoms with E-state index in [1.54, 1.807) is 0 Å². The molecule has 1 atom stereocenters. The van der Waals surface area contributed by atoms with E-state index in [0.29, 0.717) is 12.5 Å². The molecule has 0 radical (unpaired) electrons. The second kappa shape index (κ2) is 8.30. The zero-order valence-corrected chi connectivity index (χ0v) is 14.0. The van der Waals surface area contributed by atoms with E-state index in [0.717, 1.165) is 16.7 Å². The number of carbonyl (C=O) groups excluding carboxylic acids is 2. The Kier molecular flexibility index (Phi) is 7.04. The summed E-state index contributed by atoms with van der Waals surface area (Å²) in [5.41, 5.74) is 8.67. The minimum Gasteiger partial charge on any atom is -0.355 e. The van der Waals surface area contributed by atoms with Crippen molar-refractivity contribution in [3.63, 3.8) is 0 Å². The van der Waals surface area contributed by atoms with Crippen LogP contribution in [0.5, 0.6) is 0 Å². The molecule has 4 nitrogen and oxygen atoms in total. The van der Waals surface area contributed by atoms with Crippen molar-refractivity contribution in [3.8, 4) is 0 Å². The van der Waals surface area contributed by atoms with E-state index in [-0.39, 0.29) is 43.0 Å². The molecule has 1 saturated carbocycles. The number of amides is 1. The minimum atomic E-state index is -0.0928. The summed E-state index contributed by atoms with van der Waals surface area (Å²) in [4.78, 5) is 23.9. The van der Waals surface area contributed by atoms with Crippen LogP contribution in [0.2, 0.25) is 0 Å². The molecule has 2 rings (SSSR count). The van der Waals surface area contributed by atoms with Crippen LogP contribution in [-0.2, 0) is 4.79 Å². The van der Waals surface area contributed by atoms with Crippen molar-refractivity contribution >= 4 is 24.1 Å². The maximum atomic E-state index is 12.2. The molecule has 1 amide bonds. The van der Waals surface area contributed by atoms with Gasteiger partial charge in [0.2, 0.25) is 5.91 Å². The van der Waals surface area contributed by atoms with E-state index < -0.39 is 0 Å². The van der Waals surface area contributed by atoms with Crippen LogP contribution in [0.1, 0.15) is 47.2 Å². The third-order valence-electron chi connectivity index (χ3n) is 4.04. The Balaban J connectivity index is 0.00000242. The summed E-state index contributed by atoms with van der Waals surface area (Å²) in [6.45, 7) is 4.39. The second-order valence-electron chi connectivity index (χ2n) is 6.05. The summed E-state index contributed by atoms with van der Waals surface area (Å²) < 4.78 is 0. The summed E-state index contributed by atoms with van der Waals surface area (Å²) in [6.07, 6.45) is 2.81. The highest BCUT2D eigenvalue weighted by molar-refractivity contribution is 5.99. The predicted octanol–water partition coefficient (Wildman–Crippen LogP) is 2.54. The Morgan fingerprint density at radius 3 is 2.59 bits per heavy atom. The van der Waals surface area contributed by atoms with E-state index in [2.05, 4.69) is 5.32 Å². The maximum absolute atomic E-state index is 12.2. The van der Waals surface area contributed by atoms with Crippen molar-refractivity contribution in [3.05, 3.63) is 34.9 Å². The number of rotatable bonds is 7. The first kappa shape index (κ1) is 18.7. The first-order chi connectivity index (χ1) is 9.97. The van der Waals surface area contributed by atoms with Gasteiger partial charge in [-0.3, -0.25) is 9.59 Å². The lowest BCUT2D eigenvalue weighted by atomic mass is 9.99. The number of ketones is 1. The zero-order valence-electron chi connectivity index (χ0n) is 13.2. The quantitative estimate of drug-likeness (QED) is 0.757. The molecule has 0 heterocycles. The van der Waals surface area contributed by atoms with Gasteiger partial charge in [0, 0.05) is 31.0 Å². The smallest absolute Gasteiger partial charge is 0.220 e. The highest BCUT2D eigenvalue weighted by Gasteiger charge is 2.28. The number of carbonyl (C=O) groups is 2. The van der Waals surface area contributed by atoms with Gasteiger partial charge in [-0.1, -0.05) is 17.7 Å².